The Morgan fingerprint density at radius 3 is 2.36 bits per heavy atom. The van der Waals surface area contributed by atoms with Crippen LogP contribution >= 0.6 is 0 Å². The molecule has 1 aliphatic heterocycles. The highest BCUT2D eigenvalue weighted by molar-refractivity contribution is 7.89. The van der Waals surface area contributed by atoms with Crippen molar-refractivity contribution in [3.63, 3.8) is 0 Å². The van der Waals surface area contributed by atoms with Crippen LogP contribution in [-0.4, -0.2) is 63.3 Å². The molecule has 0 aliphatic carbocycles. The molecule has 0 radical (unpaired) electrons. The van der Waals surface area contributed by atoms with E-state index in [4.69, 9.17) is 0 Å². The fourth-order valence-corrected chi connectivity index (χ4v) is 3.49. The van der Waals surface area contributed by atoms with E-state index in [-0.39, 0.29) is 17.3 Å². The average Bonchev–Trinajstić information content (AvgIpc) is 2.55. The Balaban J connectivity index is 2.05. The molecule has 0 atom stereocenters. The molecule has 1 aromatic carbocycles. The summed E-state index contributed by atoms with van der Waals surface area (Å²) in [5.74, 6) is -0.155. The molecular weight excluding hydrogens is 302 g/mol. The molecule has 0 aromatic heterocycles. The van der Waals surface area contributed by atoms with Gasteiger partial charge in [-0.3, -0.25) is 4.79 Å². The lowest BCUT2D eigenvalue weighted by atomic mass is 10.2. The third-order valence-electron chi connectivity index (χ3n) is 3.87. The molecule has 1 fully saturated rings. The van der Waals surface area contributed by atoms with Crippen LogP contribution in [0, 0.1) is 0 Å². The first-order valence-corrected chi connectivity index (χ1v) is 8.93. The smallest absolute Gasteiger partial charge is 0.243 e. The lowest BCUT2D eigenvalue weighted by molar-refractivity contribution is -0.131. The minimum absolute atomic E-state index is 0.127. The van der Waals surface area contributed by atoms with Crippen LogP contribution in [0.3, 0.4) is 0 Å². The lowest BCUT2D eigenvalue weighted by Crippen LogP contribution is -2.49. The average molecular weight is 325 g/mol. The van der Waals surface area contributed by atoms with Gasteiger partial charge in [0.25, 0.3) is 0 Å². The van der Waals surface area contributed by atoms with E-state index in [0.717, 1.165) is 29.4 Å². The van der Waals surface area contributed by atoms with Crippen LogP contribution in [0.2, 0.25) is 0 Å². The number of carbonyl (C=O) groups is 1. The van der Waals surface area contributed by atoms with Crippen LogP contribution in [0.25, 0.3) is 0 Å². The SMILES string of the molecule is CCc1ccc(S(=O)(=O)N(C)CC(=O)N2CCNCC2)cc1. The maximum absolute atomic E-state index is 12.5. The van der Waals surface area contributed by atoms with Crippen molar-refractivity contribution < 1.29 is 13.2 Å². The van der Waals surface area contributed by atoms with E-state index in [1.165, 1.54) is 7.05 Å². The first-order valence-electron chi connectivity index (χ1n) is 7.49. The highest BCUT2D eigenvalue weighted by Gasteiger charge is 2.25. The Morgan fingerprint density at radius 1 is 1.23 bits per heavy atom. The van der Waals surface area contributed by atoms with Crippen molar-refractivity contribution in [1.29, 1.82) is 0 Å². The number of hydrogen-bond donors (Lipinski definition) is 1. The monoisotopic (exact) mass is 325 g/mol. The molecular formula is C15H23N3O3S. The van der Waals surface area contributed by atoms with Gasteiger partial charge in [0, 0.05) is 33.2 Å². The van der Waals surface area contributed by atoms with Crippen LogP contribution in [0.15, 0.2) is 29.2 Å². The molecule has 0 unspecified atom stereocenters. The minimum Gasteiger partial charge on any atom is -0.339 e. The summed E-state index contributed by atoms with van der Waals surface area (Å²) in [5.41, 5.74) is 1.08. The number of piperazine rings is 1. The van der Waals surface area contributed by atoms with Crippen LogP contribution in [0.5, 0.6) is 0 Å². The Morgan fingerprint density at radius 2 is 1.82 bits per heavy atom. The van der Waals surface area contributed by atoms with Gasteiger partial charge in [-0.1, -0.05) is 19.1 Å². The number of nitrogens with zero attached hydrogens (tertiary/aromatic N) is 2. The van der Waals surface area contributed by atoms with E-state index in [1.807, 2.05) is 6.92 Å². The topological polar surface area (TPSA) is 69.7 Å². The van der Waals surface area contributed by atoms with E-state index >= 15 is 0 Å². The van der Waals surface area contributed by atoms with E-state index < -0.39 is 10.0 Å². The molecule has 1 amide bonds. The van der Waals surface area contributed by atoms with Crippen molar-refractivity contribution in [1.82, 2.24) is 14.5 Å². The van der Waals surface area contributed by atoms with Crippen LogP contribution < -0.4 is 5.32 Å². The highest BCUT2D eigenvalue weighted by Crippen LogP contribution is 2.15. The van der Waals surface area contributed by atoms with Crippen molar-refractivity contribution in [3.05, 3.63) is 29.8 Å². The maximum Gasteiger partial charge on any atom is 0.243 e. The van der Waals surface area contributed by atoms with Gasteiger partial charge in [0.2, 0.25) is 15.9 Å². The second-order valence-electron chi connectivity index (χ2n) is 5.39. The number of carbonyl (C=O) groups excluding carboxylic acids is 1. The quantitative estimate of drug-likeness (QED) is 0.845. The van der Waals surface area contributed by atoms with Gasteiger partial charge in [0.1, 0.15) is 0 Å². The first-order chi connectivity index (χ1) is 10.4. The molecule has 1 N–H and O–H groups in total. The van der Waals surface area contributed by atoms with Gasteiger partial charge in [-0.15, -0.1) is 0 Å². The molecule has 1 saturated heterocycles. The molecule has 2 rings (SSSR count). The zero-order chi connectivity index (χ0) is 16.2. The number of rotatable bonds is 5. The largest absolute Gasteiger partial charge is 0.339 e. The lowest BCUT2D eigenvalue weighted by Gasteiger charge is -2.29. The second-order valence-corrected chi connectivity index (χ2v) is 7.43. The number of sulfonamides is 1. The van der Waals surface area contributed by atoms with Gasteiger partial charge in [0.15, 0.2) is 0 Å². The van der Waals surface area contributed by atoms with E-state index in [2.05, 4.69) is 5.32 Å². The predicted molar refractivity (Wildman–Crippen MR) is 85.1 cm³/mol. The Hall–Kier alpha value is -1.44. The molecule has 7 heteroatoms. The summed E-state index contributed by atoms with van der Waals surface area (Å²) in [7, 11) is -2.18. The molecule has 0 saturated carbocycles. The predicted octanol–water partition coefficient (Wildman–Crippen LogP) is 0.301. The van der Waals surface area contributed by atoms with E-state index in [1.54, 1.807) is 29.2 Å². The molecule has 122 valence electrons. The van der Waals surface area contributed by atoms with Crippen molar-refractivity contribution in [2.24, 2.45) is 0 Å². The molecule has 0 bridgehead atoms. The first kappa shape index (κ1) is 16.9. The number of nitrogens with one attached hydrogen (secondary N) is 1. The Labute approximate surface area is 132 Å². The maximum atomic E-state index is 12.5. The summed E-state index contributed by atoms with van der Waals surface area (Å²) < 4.78 is 26.1. The number of benzene rings is 1. The summed E-state index contributed by atoms with van der Waals surface area (Å²) in [6.45, 7) is 4.64. The molecule has 6 nitrogen and oxygen atoms in total. The number of likely N-dealkylation sites (N-methyl/N-ethyl adjacent to an activating group) is 1. The molecule has 22 heavy (non-hydrogen) atoms. The minimum atomic E-state index is -3.63. The van der Waals surface area contributed by atoms with Crippen molar-refractivity contribution in [2.75, 3.05) is 39.8 Å². The number of amides is 1. The Kier molecular flexibility index (Phi) is 5.55. The normalized spacial score (nSPS) is 16.0. The fraction of sp³-hybridized carbons (Fsp3) is 0.533. The van der Waals surface area contributed by atoms with E-state index in [0.29, 0.717) is 13.1 Å². The molecule has 0 spiro atoms. The van der Waals surface area contributed by atoms with Gasteiger partial charge in [0.05, 0.1) is 11.4 Å². The third kappa shape index (κ3) is 3.85. The van der Waals surface area contributed by atoms with Gasteiger partial charge in [-0.2, -0.15) is 4.31 Å². The fourth-order valence-electron chi connectivity index (χ4n) is 2.37. The summed E-state index contributed by atoms with van der Waals surface area (Å²) in [6.07, 6.45) is 0.859. The van der Waals surface area contributed by atoms with Gasteiger partial charge >= 0.3 is 0 Å². The van der Waals surface area contributed by atoms with Crippen LogP contribution in [0.4, 0.5) is 0 Å². The number of hydrogen-bond acceptors (Lipinski definition) is 4. The summed E-state index contributed by atoms with van der Waals surface area (Å²) in [4.78, 5) is 14.1. The Bertz CT molecular complexity index is 607. The second kappa shape index (κ2) is 7.21. The molecule has 1 aliphatic rings. The highest BCUT2D eigenvalue weighted by atomic mass is 32.2. The third-order valence-corrected chi connectivity index (χ3v) is 5.69. The van der Waals surface area contributed by atoms with Crippen LogP contribution in [0.1, 0.15) is 12.5 Å². The standard InChI is InChI=1S/C15H23N3O3S/c1-3-13-4-6-14(7-5-13)22(20,21)17(2)12-15(19)18-10-8-16-9-11-18/h4-7,16H,3,8-12H2,1-2H3. The number of aryl methyl sites for hydroxylation is 1. The van der Waals surface area contributed by atoms with Crippen molar-refractivity contribution in [3.8, 4) is 0 Å². The van der Waals surface area contributed by atoms with Crippen molar-refractivity contribution >= 4 is 15.9 Å². The van der Waals surface area contributed by atoms with Crippen molar-refractivity contribution in [2.45, 2.75) is 18.2 Å². The summed E-state index contributed by atoms with van der Waals surface area (Å²) >= 11 is 0. The van der Waals surface area contributed by atoms with Gasteiger partial charge in [-0.25, -0.2) is 8.42 Å². The zero-order valence-electron chi connectivity index (χ0n) is 13.1. The van der Waals surface area contributed by atoms with E-state index in [9.17, 15) is 13.2 Å². The van der Waals surface area contributed by atoms with Gasteiger partial charge < -0.3 is 10.2 Å². The zero-order valence-corrected chi connectivity index (χ0v) is 13.9. The molecule has 1 heterocycles. The summed E-state index contributed by atoms with van der Waals surface area (Å²) in [6, 6.07) is 6.80. The summed E-state index contributed by atoms with van der Waals surface area (Å²) in [5, 5.41) is 3.16. The van der Waals surface area contributed by atoms with Crippen LogP contribution in [-0.2, 0) is 21.2 Å². The molecule has 1 aromatic rings. The van der Waals surface area contributed by atoms with Gasteiger partial charge in [-0.05, 0) is 24.1 Å².